The second-order valence-electron chi connectivity index (χ2n) is 7.13. The van der Waals surface area contributed by atoms with E-state index in [0.717, 1.165) is 38.0 Å². The van der Waals surface area contributed by atoms with Gasteiger partial charge in [-0.3, -0.25) is 4.79 Å². The highest BCUT2D eigenvalue weighted by atomic mass is 16.2. The lowest BCUT2D eigenvalue weighted by molar-refractivity contribution is -0.133. The minimum absolute atomic E-state index is 0.287. The normalized spacial score (nSPS) is 18.5. The fourth-order valence-corrected chi connectivity index (χ4v) is 2.70. The summed E-state index contributed by atoms with van der Waals surface area (Å²) in [6, 6.07) is 0.316. The highest BCUT2D eigenvalue weighted by Gasteiger charge is 2.26. The minimum atomic E-state index is -0.467. The standard InChI is InChI=1S/C16H29N5O/c1-5-12(2)10-15(22)20-8-6-13(7-9-20)21-11-14(18-19-21)16(3,4)17/h11-13H,5-10,17H2,1-4H3. The predicted octanol–water partition coefficient (Wildman–Crippen LogP) is 2.07. The van der Waals surface area contributed by atoms with Gasteiger partial charge in [0.1, 0.15) is 5.69 Å². The summed E-state index contributed by atoms with van der Waals surface area (Å²) in [7, 11) is 0. The number of rotatable bonds is 5. The van der Waals surface area contributed by atoms with E-state index in [0.29, 0.717) is 18.4 Å². The second-order valence-corrected chi connectivity index (χ2v) is 7.13. The van der Waals surface area contributed by atoms with Crippen LogP contribution in [0.3, 0.4) is 0 Å². The Labute approximate surface area is 133 Å². The van der Waals surface area contributed by atoms with Crippen molar-refractivity contribution in [1.82, 2.24) is 19.9 Å². The number of likely N-dealkylation sites (tertiary alicyclic amines) is 1. The number of hydrogen-bond donors (Lipinski definition) is 1. The van der Waals surface area contributed by atoms with Gasteiger partial charge in [-0.25, -0.2) is 4.68 Å². The number of carbonyl (C=O) groups excluding carboxylic acids is 1. The lowest BCUT2D eigenvalue weighted by Gasteiger charge is -2.32. The van der Waals surface area contributed by atoms with Gasteiger partial charge in [-0.2, -0.15) is 0 Å². The van der Waals surface area contributed by atoms with Crippen molar-refractivity contribution < 1.29 is 4.79 Å². The van der Waals surface area contributed by atoms with Gasteiger partial charge in [-0.15, -0.1) is 5.10 Å². The monoisotopic (exact) mass is 307 g/mol. The number of piperidine rings is 1. The summed E-state index contributed by atoms with van der Waals surface area (Å²) in [5.41, 5.74) is 6.39. The molecule has 2 N–H and O–H groups in total. The first-order chi connectivity index (χ1) is 10.3. The van der Waals surface area contributed by atoms with Crippen LogP contribution in [0.5, 0.6) is 0 Å². The van der Waals surface area contributed by atoms with Crippen LogP contribution in [-0.4, -0.2) is 38.9 Å². The maximum atomic E-state index is 12.2. The topological polar surface area (TPSA) is 77.0 Å². The molecule has 1 atom stereocenters. The third-order valence-corrected chi connectivity index (χ3v) is 4.58. The average Bonchev–Trinajstić information content (AvgIpc) is 2.97. The van der Waals surface area contributed by atoms with Gasteiger partial charge in [0, 0.05) is 19.5 Å². The van der Waals surface area contributed by atoms with Gasteiger partial charge < -0.3 is 10.6 Å². The molecule has 0 aromatic carbocycles. The largest absolute Gasteiger partial charge is 0.343 e. The number of carbonyl (C=O) groups is 1. The van der Waals surface area contributed by atoms with Crippen molar-refractivity contribution in [1.29, 1.82) is 0 Å². The smallest absolute Gasteiger partial charge is 0.222 e. The molecule has 1 fully saturated rings. The lowest BCUT2D eigenvalue weighted by Crippen LogP contribution is -2.39. The molecule has 124 valence electrons. The zero-order valence-electron chi connectivity index (χ0n) is 14.2. The molecule has 1 saturated heterocycles. The van der Waals surface area contributed by atoms with Crippen molar-refractivity contribution in [3.63, 3.8) is 0 Å². The van der Waals surface area contributed by atoms with E-state index in [1.165, 1.54) is 0 Å². The van der Waals surface area contributed by atoms with Crippen molar-refractivity contribution in [2.24, 2.45) is 11.7 Å². The Balaban J connectivity index is 1.89. The van der Waals surface area contributed by atoms with Crippen LogP contribution in [0.4, 0.5) is 0 Å². The number of amides is 1. The van der Waals surface area contributed by atoms with Crippen LogP contribution in [0, 0.1) is 5.92 Å². The molecule has 22 heavy (non-hydrogen) atoms. The highest BCUT2D eigenvalue weighted by molar-refractivity contribution is 5.76. The van der Waals surface area contributed by atoms with Crippen molar-refractivity contribution in [3.05, 3.63) is 11.9 Å². The van der Waals surface area contributed by atoms with Crippen LogP contribution in [0.15, 0.2) is 6.20 Å². The Hall–Kier alpha value is -1.43. The van der Waals surface area contributed by atoms with Crippen molar-refractivity contribution in [2.75, 3.05) is 13.1 Å². The van der Waals surface area contributed by atoms with Crippen LogP contribution >= 0.6 is 0 Å². The van der Waals surface area contributed by atoms with Crippen LogP contribution in [0.1, 0.15) is 65.1 Å². The first kappa shape index (κ1) is 16.9. The molecule has 1 aromatic rings. The van der Waals surface area contributed by atoms with E-state index in [1.807, 2.05) is 29.6 Å². The Morgan fingerprint density at radius 2 is 2.09 bits per heavy atom. The van der Waals surface area contributed by atoms with Crippen molar-refractivity contribution >= 4 is 5.91 Å². The number of nitrogens with zero attached hydrogens (tertiary/aromatic N) is 4. The number of hydrogen-bond acceptors (Lipinski definition) is 4. The Bertz CT molecular complexity index is 497. The maximum absolute atomic E-state index is 12.2. The van der Waals surface area contributed by atoms with Gasteiger partial charge in [0.25, 0.3) is 0 Å². The molecule has 2 heterocycles. The van der Waals surface area contributed by atoms with E-state index < -0.39 is 5.54 Å². The molecular weight excluding hydrogens is 278 g/mol. The quantitative estimate of drug-likeness (QED) is 0.903. The van der Waals surface area contributed by atoms with Crippen LogP contribution in [0.2, 0.25) is 0 Å². The van der Waals surface area contributed by atoms with Gasteiger partial charge in [0.05, 0.1) is 17.8 Å². The fourth-order valence-electron chi connectivity index (χ4n) is 2.70. The molecule has 6 nitrogen and oxygen atoms in total. The Morgan fingerprint density at radius 3 is 2.59 bits per heavy atom. The predicted molar refractivity (Wildman–Crippen MR) is 86.2 cm³/mol. The fraction of sp³-hybridized carbons (Fsp3) is 0.812. The lowest BCUT2D eigenvalue weighted by atomic mass is 10.0. The van der Waals surface area contributed by atoms with E-state index in [2.05, 4.69) is 24.2 Å². The molecule has 0 saturated carbocycles. The summed E-state index contributed by atoms with van der Waals surface area (Å²) < 4.78 is 1.92. The van der Waals surface area contributed by atoms with Gasteiger partial charge in [0.15, 0.2) is 0 Å². The first-order valence-electron chi connectivity index (χ1n) is 8.30. The van der Waals surface area contributed by atoms with E-state index in [9.17, 15) is 4.79 Å². The van der Waals surface area contributed by atoms with E-state index >= 15 is 0 Å². The van der Waals surface area contributed by atoms with Crippen molar-refractivity contribution in [2.45, 2.75) is 65.0 Å². The van der Waals surface area contributed by atoms with Gasteiger partial charge in [-0.1, -0.05) is 25.5 Å². The van der Waals surface area contributed by atoms with Crippen LogP contribution in [-0.2, 0) is 10.3 Å². The molecule has 2 rings (SSSR count). The molecule has 6 heteroatoms. The van der Waals surface area contributed by atoms with Crippen LogP contribution < -0.4 is 5.73 Å². The van der Waals surface area contributed by atoms with E-state index in [1.54, 1.807) is 0 Å². The van der Waals surface area contributed by atoms with Crippen LogP contribution in [0.25, 0.3) is 0 Å². The molecule has 0 radical (unpaired) electrons. The molecule has 1 aromatic heterocycles. The number of nitrogens with two attached hydrogens (primary N) is 1. The van der Waals surface area contributed by atoms with Crippen molar-refractivity contribution in [3.8, 4) is 0 Å². The summed E-state index contributed by atoms with van der Waals surface area (Å²) in [4.78, 5) is 14.2. The molecule has 1 amide bonds. The van der Waals surface area contributed by atoms with E-state index in [4.69, 9.17) is 5.73 Å². The summed E-state index contributed by atoms with van der Waals surface area (Å²) in [6.45, 7) is 9.74. The molecule has 1 aliphatic rings. The maximum Gasteiger partial charge on any atom is 0.222 e. The summed E-state index contributed by atoms with van der Waals surface area (Å²) in [5, 5.41) is 8.40. The summed E-state index contributed by atoms with van der Waals surface area (Å²) in [5.74, 6) is 0.755. The SMILES string of the molecule is CCC(C)CC(=O)N1CCC(n2cc(C(C)(C)N)nn2)CC1. The number of aromatic nitrogens is 3. The molecule has 0 spiro atoms. The Morgan fingerprint density at radius 1 is 1.45 bits per heavy atom. The highest BCUT2D eigenvalue weighted by Crippen LogP contribution is 2.24. The van der Waals surface area contributed by atoms with E-state index in [-0.39, 0.29) is 5.91 Å². The molecule has 1 unspecified atom stereocenters. The molecular formula is C16H29N5O. The van der Waals surface area contributed by atoms with Gasteiger partial charge in [0.2, 0.25) is 5.91 Å². The Kier molecular flexibility index (Phi) is 5.21. The third-order valence-electron chi connectivity index (χ3n) is 4.58. The molecule has 1 aliphatic heterocycles. The average molecular weight is 307 g/mol. The summed E-state index contributed by atoms with van der Waals surface area (Å²) >= 11 is 0. The third kappa shape index (κ3) is 4.06. The second kappa shape index (κ2) is 6.77. The molecule has 0 bridgehead atoms. The zero-order chi connectivity index (χ0) is 16.3. The van der Waals surface area contributed by atoms with Gasteiger partial charge in [-0.05, 0) is 32.6 Å². The first-order valence-corrected chi connectivity index (χ1v) is 8.30. The summed E-state index contributed by atoms with van der Waals surface area (Å²) in [6.07, 6.45) is 5.52. The molecule has 0 aliphatic carbocycles. The minimum Gasteiger partial charge on any atom is -0.343 e. The zero-order valence-corrected chi connectivity index (χ0v) is 14.2. The van der Waals surface area contributed by atoms with Gasteiger partial charge >= 0.3 is 0 Å².